The van der Waals surface area contributed by atoms with Crippen LogP contribution in [0.2, 0.25) is 0 Å². The Labute approximate surface area is 94.1 Å². The van der Waals surface area contributed by atoms with Crippen LogP contribution >= 0.6 is 0 Å². The van der Waals surface area contributed by atoms with Gasteiger partial charge in [-0.3, -0.25) is 14.3 Å². The lowest BCUT2D eigenvalue weighted by Gasteiger charge is -2.15. The first-order chi connectivity index (χ1) is 8.04. The van der Waals surface area contributed by atoms with Gasteiger partial charge in [0.05, 0.1) is 6.61 Å². The Morgan fingerprint density at radius 2 is 2.24 bits per heavy atom. The molecule has 7 nitrogen and oxygen atoms in total. The normalized spacial score (nSPS) is 32.9. The predicted octanol–water partition coefficient (Wildman–Crippen LogP) is -1.87. The van der Waals surface area contributed by atoms with Crippen molar-refractivity contribution in [3.8, 4) is 0 Å². The van der Waals surface area contributed by atoms with Crippen LogP contribution in [0.15, 0.2) is 21.9 Å². The lowest BCUT2D eigenvalue weighted by molar-refractivity contribution is -0.0491. The summed E-state index contributed by atoms with van der Waals surface area (Å²) in [6.45, 7) is -0.559. The highest BCUT2D eigenvalue weighted by molar-refractivity contribution is 4.93. The number of hydrogen-bond acceptors (Lipinski definition) is 5. The summed E-state index contributed by atoms with van der Waals surface area (Å²) in [6.07, 6.45) is -4.73. The Bertz CT molecular complexity index is 513. The van der Waals surface area contributed by atoms with Crippen LogP contribution < -0.4 is 11.2 Å². The molecule has 0 spiro atoms. The second kappa shape index (κ2) is 4.40. The van der Waals surface area contributed by atoms with Crippen molar-refractivity contribution in [1.82, 2.24) is 9.55 Å². The molecule has 0 amide bonds. The number of alkyl halides is 1. The molecule has 1 aliphatic rings. The molecule has 2 rings (SSSR count). The molecular formula is C9H11FN2O5. The van der Waals surface area contributed by atoms with Gasteiger partial charge in [0.1, 0.15) is 12.2 Å². The van der Waals surface area contributed by atoms with Gasteiger partial charge in [-0.25, -0.2) is 9.18 Å². The number of ether oxygens (including phenoxy) is 1. The molecule has 4 atom stereocenters. The van der Waals surface area contributed by atoms with Crippen LogP contribution in [0.1, 0.15) is 6.23 Å². The van der Waals surface area contributed by atoms with Crippen molar-refractivity contribution in [2.45, 2.75) is 24.6 Å². The number of nitrogens with one attached hydrogen (secondary N) is 1. The maximum absolute atomic E-state index is 13.6. The van der Waals surface area contributed by atoms with Crippen molar-refractivity contribution in [3.63, 3.8) is 0 Å². The van der Waals surface area contributed by atoms with E-state index in [-0.39, 0.29) is 0 Å². The molecule has 8 heteroatoms. The van der Waals surface area contributed by atoms with E-state index in [1.165, 1.54) is 0 Å². The second-order valence-electron chi connectivity index (χ2n) is 3.70. The zero-order chi connectivity index (χ0) is 12.6. The Kier molecular flexibility index (Phi) is 3.09. The van der Waals surface area contributed by atoms with Gasteiger partial charge < -0.3 is 14.9 Å². The van der Waals surface area contributed by atoms with Gasteiger partial charge in [0.15, 0.2) is 12.4 Å². The molecule has 0 aromatic carbocycles. The fourth-order valence-corrected chi connectivity index (χ4v) is 1.71. The number of aromatic nitrogens is 2. The van der Waals surface area contributed by atoms with Gasteiger partial charge >= 0.3 is 5.69 Å². The number of aliphatic hydroxyl groups is 2. The molecule has 94 valence electrons. The molecule has 0 unspecified atom stereocenters. The van der Waals surface area contributed by atoms with Crippen molar-refractivity contribution < 1.29 is 19.3 Å². The van der Waals surface area contributed by atoms with E-state index in [1.54, 1.807) is 0 Å². The van der Waals surface area contributed by atoms with Crippen molar-refractivity contribution in [2.24, 2.45) is 0 Å². The number of halogens is 1. The lowest BCUT2D eigenvalue weighted by atomic mass is 10.1. The number of H-pyrrole nitrogens is 1. The highest BCUT2D eigenvalue weighted by Gasteiger charge is 2.45. The Morgan fingerprint density at radius 1 is 1.53 bits per heavy atom. The third-order valence-corrected chi connectivity index (χ3v) is 2.60. The molecule has 0 radical (unpaired) electrons. The average Bonchev–Trinajstić information content (AvgIpc) is 2.57. The van der Waals surface area contributed by atoms with E-state index in [0.29, 0.717) is 0 Å². The fraction of sp³-hybridized carbons (Fsp3) is 0.556. The van der Waals surface area contributed by atoms with Crippen LogP contribution in [0, 0.1) is 0 Å². The van der Waals surface area contributed by atoms with E-state index in [0.717, 1.165) is 16.8 Å². The third-order valence-electron chi connectivity index (χ3n) is 2.60. The highest BCUT2D eigenvalue weighted by atomic mass is 19.1. The van der Waals surface area contributed by atoms with Gasteiger partial charge in [0.25, 0.3) is 5.56 Å². The maximum atomic E-state index is 13.6. The molecule has 2 heterocycles. The maximum Gasteiger partial charge on any atom is 0.330 e. The summed E-state index contributed by atoms with van der Waals surface area (Å²) in [6, 6.07) is 1.04. The van der Waals surface area contributed by atoms with E-state index in [1.807, 2.05) is 4.98 Å². The van der Waals surface area contributed by atoms with Crippen molar-refractivity contribution >= 4 is 0 Å². The number of aliphatic hydroxyl groups excluding tert-OH is 2. The van der Waals surface area contributed by atoms with Crippen LogP contribution in [0.4, 0.5) is 4.39 Å². The summed E-state index contributed by atoms with van der Waals surface area (Å²) in [7, 11) is 0. The molecule has 17 heavy (non-hydrogen) atoms. The highest BCUT2D eigenvalue weighted by Crippen LogP contribution is 2.30. The first kappa shape index (κ1) is 12.0. The molecule has 1 aliphatic heterocycles. The second-order valence-corrected chi connectivity index (χ2v) is 3.70. The van der Waals surface area contributed by atoms with E-state index in [9.17, 15) is 19.1 Å². The number of hydrogen-bond donors (Lipinski definition) is 3. The summed E-state index contributed by atoms with van der Waals surface area (Å²) in [5.74, 6) is 0. The van der Waals surface area contributed by atoms with Gasteiger partial charge in [-0.15, -0.1) is 0 Å². The summed E-state index contributed by atoms with van der Waals surface area (Å²) in [5, 5.41) is 18.2. The summed E-state index contributed by atoms with van der Waals surface area (Å²) in [5.41, 5.74) is -1.45. The van der Waals surface area contributed by atoms with Gasteiger partial charge in [0.2, 0.25) is 0 Å². The zero-order valence-corrected chi connectivity index (χ0v) is 8.62. The quantitative estimate of drug-likeness (QED) is 0.567. The van der Waals surface area contributed by atoms with Crippen molar-refractivity contribution in [3.05, 3.63) is 33.1 Å². The van der Waals surface area contributed by atoms with E-state index >= 15 is 0 Å². The number of rotatable bonds is 2. The van der Waals surface area contributed by atoms with Gasteiger partial charge in [-0.2, -0.15) is 0 Å². The SMILES string of the molecule is O=c1ccn([C@H]2O[C@@H](CO)[C@H](O)[C@@H]2F)c(=O)[nH]1. The van der Waals surface area contributed by atoms with E-state index in [2.05, 4.69) is 0 Å². The predicted molar refractivity (Wildman–Crippen MR) is 53.2 cm³/mol. The smallest absolute Gasteiger partial charge is 0.330 e. The molecule has 1 saturated heterocycles. The van der Waals surface area contributed by atoms with Crippen LogP contribution in [0.3, 0.4) is 0 Å². The molecule has 0 bridgehead atoms. The van der Waals surface area contributed by atoms with Gasteiger partial charge in [-0.1, -0.05) is 0 Å². The number of aromatic amines is 1. The van der Waals surface area contributed by atoms with Gasteiger partial charge in [0, 0.05) is 12.3 Å². The van der Waals surface area contributed by atoms with E-state index in [4.69, 9.17) is 9.84 Å². The lowest BCUT2D eigenvalue weighted by Crippen LogP contribution is -2.35. The molecule has 1 aromatic rings. The Morgan fingerprint density at radius 3 is 2.76 bits per heavy atom. The van der Waals surface area contributed by atoms with Gasteiger partial charge in [-0.05, 0) is 0 Å². The first-order valence-corrected chi connectivity index (χ1v) is 4.94. The minimum absolute atomic E-state index is 0.559. The summed E-state index contributed by atoms with van der Waals surface area (Å²) in [4.78, 5) is 24.2. The average molecular weight is 246 g/mol. The first-order valence-electron chi connectivity index (χ1n) is 4.94. The molecule has 0 saturated carbocycles. The standard InChI is InChI=1S/C9H11FN2O5/c10-6-7(15)4(3-13)17-8(6)12-2-1-5(14)11-9(12)16/h1-2,4,6-8,13,15H,3H2,(H,11,14,16)/t4-,6-,7-,8-/m0/s1. The fourth-order valence-electron chi connectivity index (χ4n) is 1.71. The monoisotopic (exact) mass is 246 g/mol. The topological polar surface area (TPSA) is 105 Å². The minimum atomic E-state index is -1.85. The van der Waals surface area contributed by atoms with E-state index < -0.39 is 42.5 Å². The third kappa shape index (κ3) is 2.02. The van der Waals surface area contributed by atoms with Crippen LogP contribution in [-0.2, 0) is 4.74 Å². The van der Waals surface area contributed by atoms with Crippen LogP contribution in [0.5, 0.6) is 0 Å². The van der Waals surface area contributed by atoms with Crippen molar-refractivity contribution in [2.75, 3.05) is 6.61 Å². The molecule has 1 fully saturated rings. The van der Waals surface area contributed by atoms with Crippen molar-refractivity contribution in [1.29, 1.82) is 0 Å². The molecular weight excluding hydrogens is 235 g/mol. The Hall–Kier alpha value is -1.51. The number of nitrogens with zero attached hydrogens (tertiary/aromatic N) is 1. The summed E-state index contributed by atoms with van der Waals surface area (Å²) >= 11 is 0. The molecule has 3 N–H and O–H groups in total. The Balaban J connectivity index is 2.35. The summed E-state index contributed by atoms with van der Waals surface area (Å²) < 4.78 is 19.5. The zero-order valence-electron chi connectivity index (χ0n) is 8.62. The van der Waals surface area contributed by atoms with Crippen LogP contribution in [-0.4, -0.2) is 44.8 Å². The minimum Gasteiger partial charge on any atom is -0.394 e. The van der Waals surface area contributed by atoms with Crippen LogP contribution in [0.25, 0.3) is 0 Å². The largest absolute Gasteiger partial charge is 0.394 e. The molecule has 1 aromatic heterocycles. The molecule has 0 aliphatic carbocycles.